The Labute approximate surface area is 167 Å². The molecule has 5 nitrogen and oxygen atoms in total. The Morgan fingerprint density at radius 2 is 1.92 bits per heavy atom. The minimum atomic E-state index is -2.92. The highest BCUT2D eigenvalue weighted by molar-refractivity contribution is 14.0. The largest absolute Gasteiger partial charge is 0.356 e. The second-order valence-corrected chi connectivity index (χ2v) is 9.05. The smallest absolute Gasteiger partial charge is 0.191 e. The van der Waals surface area contributed by atoms with E-state index in [1.165, 1.54) is 16.7 Å². The summed E-state index contributed by atoms with van der Waals surface area (Å²) in [6.45, 7) is 4.83. The van der Waals surface area contributed by atoms with E-state index in [0.717, 1.165) is 12.3 Å². The average Bonchev–Trinajstić information content (AvgIpc) is 2.49. The molecule has 1 aromatic carbocycles. The lowest BCUT2D eigenvalue weighted by Crippen LogP contribution is -2.43. The number of thioether (sulfide) groups is 1. The Morgan fingerprint density at radius 1 is 1.29 bits per heavy atom. The number of guanidine groups is 1. The number of hydrogen-bond acceptors (Lipinski definition) is 4. The van der Waals surface area contributed by atoms with Gasteiger partial charge in [-0.3, -0.25) is 4.99 Å². The van der Waals surface area contributed by atoms with Gasteiger partial charge in [0.05, 0.1) is 5.75 Å². The van der Waals surface area contributed by atoms with Crippen molar-refractivity contribution >= 4 is 51.5 Å². The summed E-state index contributed by atoms with van der Waals surface area (Å²) < 4.78 is 22.4. The van der Waals surface area contributed by atoms with Crippen LogP contribution in [0.25, 0.3) is 0 Å². The maximum absolute atomic E-state index is 11.2. The van der Waals surface area contributed by atoms with E-state index in [-0.39, 0.29) is 35.8 Å². The van der Waals surface area contributed by atoms with Gasteiger partial charge in [-0.2, -0.15) is 0 Å². The van der Waals surface area contributed by atoms with E-state index in [1.54, 1.807) is 18.8 Å². The van der Waals surface area contributed by atoms with Crippen LogP contribution in [0.5, 0.6) is 0 Å². The molecule has 8 heteroatoms. The molecule has 1 unspecified atom stereocenters. The summed E-state index contributed by atoms with van der Waals surface area (Å²) in [4.78, 5) is 5.42. The molecule has 1 aromatic rings. The van der Waals surface area contributed by atoms with Crippen LogP contribution in [0.3, 0.4) is 0 Å². The van der Waals surface area contributed by atoms with Crippen molar-refractivity contribution in [2.75, 3.05) is 31.4 Å². The van der Waals surface area contributed by atoms with E-state index in [0.29, 0.717) is 12.4 Å². The predicted octanol–water partition coefficient (Wildman–Crippen LogP) is 2.69. The fraction of sp³-hybridized carbons (Fsp3) is 0.562. The molecule has 0 spiro atoms. The molecular formula is C16H28IN3O2S2. The number of nitrogens with one attached hydrogen (secondary N) is 2. The Balaban J connectivity index is 0.00000529. The third kappa shape index (κ3) is 11.1. The molecule has 0 aliphatic carbocycles. The van der Waals surface area contributed by atoms with Crippen LogP contribution < -0.4 is 10.6 Å². The lowest BCUT2D eigenvalue weighted by Gasteiger charge is -2.17. The maximum Gasteiger partial charge on any atom is 0.191 e. The van der Waals surface area contributed by atoms with E-state index < -0.39 is 9.84 Å². The predicted molar refractivity (Wildman–Crippen MR) is 116 cm³/mol. The summed E-state index contributed by atoms with van der Waals surface area (Å²) in [5.74, 6) is 1.82. The quantitative estimate of drug-likeness (QED) is 0.195. The zero-order valence-electron chi connectivity index (χ0n) is 14.7. The van der Waals surface area contributed by atoms with Crippen molar-refractivity contribution < 1.29 is 8.42 Å². The van der Waals surface area contributed by atoms with Gasteiger partial charge in [0.15, 0.2) is 5.96 Å². The summed E-state index contributed by atoms with van der Waals surface area (Å²) in [6, 6.07) is 8.53. The summed E-state index contributed by atoms with van der Waals surface area (Å²) in [6.07, 6.45) is 1.83. The molecule has 1 rings (SSSR count). The Bertz CT molecular complexity index is 604. The Kier molecular flexibility index (Phi) is 11.7. The van der Waals surface area contributed by atoms with Crippen molar-refractivity contribution in [2.24, 2.45) is 4.99 Å². The van der Waals surface area contributed by atoms with Crippen molar-refractivity contribution in [3.63, 3.8) is 0 Å². The minimum absolute atomic E-state index is 0. The SMILES string of the molecule is CN=C(NCCSc1ccc(C)cc1)NC(C)CCS(C)(=O)=O.I. The molecule has 2 N–H and O–H groups in total. The van der Waals surface area contributed by atoms with Crippen LogP contribution in [0.15, 0.2) is 34.2 Å². The van der Waals surface area contributed by atoms with Crippen LogP contribution >= 0.6 is 35.7 Å². The molecule has 0 bridgehead atoms. The van der Waals surface area contributed by atoms with Crippen LogP contribution in [0.1, 0.15) is 18.9 Å². The van der Waals surface area contributed by atoms with Gasteiger partial charge in [-0.1, -0.05) is 17.7 Å². The molecule has 0 amide bonds. The van der Waals surface area contributed by atoms with Gasteiger partial charge in [-0.05, 0) is 32.4 Å². The monoisotopic (exact) mass is 485 g/mol. The summed E-state index contributed by atoms with van der Waals surface area (Å²) in [7, 11) is -1.21. The molecule has 0 heterocycles. The molecular weight excluding hydrogens is 457 g/mol. The number of aliphatic imine (C=N–C) groups is 1. The fourth-order valence-electron chi connectivity index (χ4n) is 1.86. The number of benzene rings is 1. The number of hydrogen-bond donors (Lipinski definition) is 2. The average molecular weight is 485 g/mol. The molecule has 1 atom stereocenters. The molecule has 0 radical (unpaired) electrons. The molecule has 0 saturated heterocycles. The van der Waals surface area contributed by atoms with Gasteiger partial charge in [0, 0.05) is 36.5 Å². The van der Waals surface area contributed by atoms with Crippen molar-refractivity contribution in [1.82, 2.24) is 10.6 Å². The summed E-state index contributed by atoms with van der Waals surface area (Å²) in [5.41, 5.74) is 1.26. The van der Waals surface area contributed by atoms with Crippen molar-refractivity contribution in [2.45, 2.75) is 31.2 Å². The Hall–Kier alpha value is -0.480. The number of halogens is 1. The standard InChI is InChI=1S/C16H27N3O2S2.HI/c1-13-5-7-15(8-6-13)22-11-10-18-16(17-3)19-14(2)9-12-23(4,20)21;/h5-8,14H,9-12H2,1-4H3,(H2,17,18,19);1H. The molecule has 0 aromatic heterocycles. The van der Waals surface area contributed by atoms with Crippen LogP contribution in [-0.2, 0) is 9.84 Å². The number of nitrogens with zero attached hydrogens (tertiary/aromatic N) is 1. The van der Waals surface area contributed by atoms with E-state index in [4.69, 9.17) is 0 Å². The minimum Gasteiger partial charge on any atom is -0.356 e. The van der Waals surface area contributed by atoms with Gasteiger partial charge in [0.1, 0.15) is 9.84 Å². The van der Waals surface area contributed by atoms with Crippen LogP contribution in [0, 0.1) is 6.92 Å². The lowest BCUT2D eigenvalue weighted by molar-refractivity contribution is 0.582. The highest BCUT2D eigenvalue weighted by atomic mass is 127. The van der Waals surface area contributed by atoms with Crippen molar-refractivity contribution in [3.8, 4) is 0 Å². The van der Waals surface area contributed by atoms with Gasteiger partial charge >= 0.3 is 0 Å². The molecule has 0 saturated carbocycles. The highest BCUT2D eigenvalue weighted by Gasteiger charge is 2.09. The van der Waals surface area contributed by atoms with E-state index >= 15 is 0 Å². The zero-order valence-corrected chi connectivity index (χ0v) is 18.7. The first kappa shape index (κ1) is 23.5. The molecule has 138 valence electrons. The second kappa shape index (κ2) is 12.0. The van der Waals surface area contributed by atoms with Gasteiger partial charge in [-0.25, -0.2) is 8.42 Å². The van der Waals surface area contributed by atoms with E-state index in [2.05, 4.69) is 46.8 Å². The Morgan fingerprint density at radius 3 is 2.46 bits per heavy atom. The van der Waals surface area contributed by atoms with Crippen LogP contribution in [-0.4, -0.2) is 51.8 Å². The summed E-state index contributed by atoms with van der Waals surface area (Å²) >= 11 is 1.79. The lowest BCUT2D eigenvalue weighted by atomic mass is 10.2. The topological polar surface area (TPSA) is 70.6 Å². The zero-order chi connectivity index (χ0) is 17.3. The first-order valence-electron chi connectivity index (χ1n) is 7.64. The molecule has 0 fully saturated rings. The third-order valence-corrected chi connectivity index (χ3v) is 5.20. The van der Waals surface area contributed by atoms with Crippen molar-refractivity contribution in [1.29, 1.82) is 0 Å². The third-order valence-electron chi connectivity index (χ3n) is 3.21. The first-order chi connectivity index (χ1) is 10.8. The molecule has 0 aliphatic rings. The van der Waals surface area contributed by atoms with Crippen LogP contribution in [0.4, 0.5) is 0 Å². The normalized spacial score (nSPS) is 13.1. The highest BCUT2D eigenvalue weighted by Crippen LogP contribution is 2.17. The fourth-order valence-corrected chi connectivity index (χ4v) is 3.41. The van der Waals surface area contributed by atoms with Gasteiger partial charge < -0.3 is 10.6 Å². The summed E-state index contributed by atoms with van der Waals surface area (Å²) in [5, 5.41) is 6.46. The first-order valence-corrected chi connectivity index (χ1v) is 10.7. The molecule has 24 heavy (non-hydrogen) atoms. The number of aryl methyl sites for hydroxylation is 1. The van der Waals surface area contributed by atoms with Gasteiger partial charge in [0.25, 0.3) is 0 Å². The van der Waals surface area contributed by atoms with E-state index in [9.17, 15) is 8.42 Å². The maximum atomic E-state index is 11.2. The van der Waals surface area contributed by atoms with Gasteiger partial charge in [-0.15, -0.1) is 35.7 Å². The number of sulfone groups is 1. The second-order valence-electron chi connectivity index (χ2n) is 5.62. The van der Waals surface area contributed by atoms with E-state index in [1.807, 2.05) is 6.92 Å². The van der Waals surface area contributed by atoms with Crippen molar-refractivity contribution in [3.05, 3.63) is 29.8 Å². The number of rotatable bonds is 8. The van der Waals surface area contributed by atoms with Gasteiger partial charge in [0.2, 0.25) is 0 Å². The van der Waals surface area contributed by atoms with Crippen LogP contribution in [0.2, 0.25) is 0 Å². The molecule has 0 aliphatic heterocycles.